The first kappa shape index (κ1) is 10.8. The van der Waals surface area contributed by atoms with Crippen LogP contribution in [0, 0.1) is 11.7 Å². The molecule has 0 radical (unpaired) electrons. The van der Waals surface area contributed by atoms with Crippen LogP contribution in [0.5, 0.6) is 0 Å². The zero-order valence-electron chi connectivity index (χ0n) is 9.66. The summed E-state index contributed by atoms with van der Waals surface area (Å²) in [6, 6.07) is 5.01. The van der Waals surface area contributed by atoms with E-state index in [4.69, 9.17) is 10.5 Å². The van der Waals surface area contributed by atoms with E-state index in [1.807, 2.05) is 0 Å². The zero-order valence-corrected chi connectivity index (χ0v) is 9.66. The van der Waals surface area contributed by atoms with Crippen LogP contribution in [0.4, 0.5) is 15.8 Å². The summed E-state index contributed by atoms with van der Waals surface area (Å²) in [6.07, 6.45) is 3.69. The molecule has 1 aromatic carbocycles. The fourth-order valence-corrected chi connectivity index (χ4v) is 2.50. The maximum absolute atomic E-state index is 13.7. The van der Waals surface area contributed by atoms with Crippen molar-refractivity contribution in [2.24, 2.45) is 5.92 Å². The lowest BCUT2D eigenvalue weighted by molar-refractivity contribution is 0.0898. The van der Waals surface area contributed by atoms with E-state index in [9.17, 15) is 4.39 Å². The molecule has 0 aromatic heterocycles. The number of rotatable bonds is 3. The summed E-state index contributed by atoms with van der Waals surface area (Å²) >= 11 is 0. The third-order valence-corrected chi connectivity index (χ3v) is 3.56. The smallest absolute Gasteiger partial charge is 0.148 e. The van der Waals surface area contributed by atoms with Gasteiger partial charge in [0, 0.05) is 12.3 Å². The molecule has 0 bridgehead atoms. The number of ether oxygens (including phenoxy) is 1. The van der Waals surface area contributed by atoms with Crippen LogP contribution in [-0.4, -0.2) is 18.8 Å². The van der Waals surface area contributed by atoms with Gasteiger partial charge in [0.1, 0.15) is 5.82 Å². The Labute approximate surface area is 100 Å². The molecule has 1 aromatic rings. The highest BCUT2D eigenvalue weighted by atomic mass is 19.1. The Morgan fingerprint density at radius 2 is 2.12 bits per heavy atom. The van der Waals surface area contributed by atoms with Crippen LogP contribution in [0.1, 0.15) is 19.3 Å². The van der Waals surface area contributed by atoms with E-state index in [-0.39, 0.29) is 18.0 Å². The topological polar surface area (TPSA) is 47.3 Å². The normalized spacial score (nSPS) is 28.3. The molecular formula is C13H17FN2O. The van der Waals surface area contributed by atoms with Crippen molar-refractivity contribution in [1.29, 1.82) is 0 Å². The number of hydrogen-bond acceptors (Lipinski definition) is 3. The number of halogens is 1. The molecule has 2 aliphatic rings. The molecule has 3 nitrogen and oxygen atoms in total. The van der Waals surface area contributed by atoms with E-state index in [2.05, 4.69) is 5.32 Å². The lowest BCUT2D eigenvalue weighted by Crippen LogP contribution is -2.31. The molecule has 1 heterocycles. The van der Waals surface area contributed by atoms with E-state index in [1.165, 1.54) is 18.9 Å². The summed E-state index contributed by atoms with van der Waals surface area (Å²) in [4.78, 5) is 0. The number of nitrogens with two attached hydrogens (primary N) is 1. The largest absolute Gasteiger partial charge is 0.399 e. The van der Waals surface area contributed by atoms with Crippen molar-refractivity contribution in [3.8, 4) is 0 Å². The molecule has 4 heteroatoms. The van der Waals surface area contributed by atoms with Crippen LogP contribution in [0.15, 0.2) is 18.2 Å². The van der Waals surface area contributed by atoms with Crippen molar-refractivity contribution < 1.29 is 9.13 Å². The van der Waals surface area contributed by atoms with E-state index in [0.717, 1.165) is 13.0 Å². The van der Waals surface area contributed by atoms with Crippen LogP contribution in [0.3, 0.4) is 0 Å². The first-order valence-corrected chi connectivity index (χ1v) is 6.17. The zero-order chi connectivity index (χ0) is 11.8. The average Bonchev–Trinajstić information content (AvgIpc) is 3.03. The van der Waals surface area contributed by atoms with Crippen LogP contribution in [0.25, 0.3) is 0 Å². The fourth-order valence-electron chi connectivity index (χ4n) is 2.50. The molecule has 1 saturated carbocycles. The third kappa shape index (κ3) is 2.22. The molecule has 17 heavy (non-hydrogen) atoms. The van der Waals surface area contributed by atoms with Gasteiger partial charge in [-0.15, -0.1) is 0 Å². The van der Waals surface area contributed by atoms with Gasteiger partial charge in [0.15, 0.2) is 0 Å². The lowest BCUT2D eigenvalue weighted by Gasteiger charge is -2.21. The van der Waals surface area contributed by atoms with Gasteiger partial charge in [-0.1, -0.05) is 0 Å². The molecule has 0 amide bonds. The minimum atomic E-state index is -0.286. The Balaban J connectivity index is 1.72. The molecule has 1 aliphatic heterocycles. The van der Waals surface area contributed by atoms with E-state index < -0.39 is 0 Å². The second-order valence-electron chi connectivity index (χ2n) is 4.95. The van der Waals surface area contributed by atoms with Gasteiger partial charge in [0.25, 0.3) is 0 Å². The molecule has 1 aliphatic carbocycles. The number of nitrogen functional groups attached to an aromatic ring is 1. The Morgan fingerprint density at radius 3 is 2.82 bits per heavy atom. The lowest BCUT2D eigenvalue weighted by atomic mass is 10.1. The monoisotopic (exact) mass is 236 g/mol. The van der Waals surface area contributed by atoms with E-state index >= 15 is 0 Å². The highest BCUT2D eigenvalue weighted by Crippen LogP contribution is 2.39. The summed E-state index contributed by atoms with van der Waals surface area (Å²) in [6.45, 7) is 0.773. The number of anilines is 2. The van der Waals surface area contributed by atoms with E-state index in [0.29, 0.717) is 17.3 Å². The van der Waals surface area contributed by atoms with Crippen molar-refractivity contribution in [2.75, 3.05) is 17.7 Å². The average molecular weight is 236 g/mol. The van der Waals surface area contributed by atoms with Gasteiger partial charge >= 0.3 is 0 Å². The molecule has 3 N–H and O–H groups in total. The second kappa shape index (κ2) is 4.18. The molecule has 92 valence electrons. The summed E-state index contributed by atoms with van der Waals surface area (Å²) in [5, 5.41) is 3.25. The van der Waals surface area contributed by atoms with Crippen LogP contribution in [-0.2, 0) is 4.74 Å². The molecular weight excluding hydrogens is 219 g/mol. The SMILES string of the molecule is Nc1ccc(NC2CCOC2C2CC2)c(F)c1. The minimum Gasteiger partial charge on any atom is -0.399 e. The second-order valence-corrected chi connectivity index (χ2v) is 4.95. The standard InChI is InChI=1S/C13H17FN2O/c14-10-7-9(15)3-4-11(10)16-12-5-6-17-13(12)8-1-2-8/h3-4,7-8,12-13,16H,1-2,5-6,15H2. The number of nitrogens with one attached hydrogen (secondary N) is 1. The molecule has 2 atom stereocenters. The predicted octanol–water partition coefficient (Wildman–Crippen LogP) is 2.39. The van der Waals surface area contributed by atoms with Gasteiger partial charge in [-0.3, -0.25) is 0 Å². The highest BCUT2D eigenvalue weighted by Gasteiger charge is 2.40. The Hall–Kier alpha value is -1.29. The molecule has 3 rings (SSSR count). The predicted molar refractivity (Wildman–Crippen MR) is 65.3 cm³/mol. The maximum Gasteiger partial charge on any atom is 0.148 e. The minimum absolute atomic E-state index is 0.237. The Morgan fingerprint density at radius 1 is 1.29 bits per heavy atom. The first-order valence-electron chi connectivity index (χ1n) is 6.17. The van der Waals surface area contributed by atoms with Gasteiger partial charge in [0.2, 0.25) is 0 Å². The fraction of sp³-hybridized carbons (Fsp3) is 0.538. The van der Waals surface area contributed by atoms with Gasteiger partial charge in [-0.05, 0) is 43.4 Å². The Kier molecular flexibility index (Phi) is 2.67. The molecule has 0 spiro atoms. The first-order chi connectivity index (χ1) is 8.24. The van der Waals surface area contributed by atoms with Crippen molar-refractivity contribution in [3.63, 3.8) is 0 Å². The van der Waals surface area contributed by atoms with Gasteiger partial charge in [0.05, 0.1) is 17.8 Å². The van der Waals surface area contributed by atoms with Crippen molar-refractivity contribution in [2.45, 2.75) is 31.4 Å². The summed E-state index contributed by atoms with van der Waals surface area (Å²) in [7, 11) is 0. The molecule has 2 unspecified atom stereocenters. The van der Waals surface area contributed by atoms with Crippen molar-refractivity contribution in [1.82, 2.24) is 0 Å². The van der Waals surface area contributed by atoms with Crippen LogP contribution < -0.4 is 11.1 Å². The van der Waals surface area contributed by atoms with Crippen molar-refractivity contribution >= 4 is 11.4 Å². The van der Waals surface area contributed by atoms with Gasteiger partial charge in [-0.25, -0.2) is 4.39 Å². The summed E-state index contributed by atoms with van der Waals surface area (Å²) in [5.74, 6) is 0.387. The number of benzene rings is 1. The van der Waals surface area contributed by atoms with Crippen LogP contribution >= 0.6 is 0 Å². The highest BCUT2D eigenvalue weighted by molar-refractivity contribution is 5.53. The van der Waals surface area contributed by atoms with Gasteiger partial charge in [-0.2, -0.15) is 0 Å². The van der Waals surface area contributed by atoms with Gasteiger partial charge < -0.3 is 15.8 Å². The molecule has 2 fully saturated rings. The quantitative estimate of drug-likeness (QED) is 0.792. The maximum atomic E-state index is 13.7. The molecule has 1 saturated heterocycles. The van der Waals surface area contributed by atoms with E-state index in [1.54, 1.807) is 12.1 Å². The van der Waals surface area contributed by atoms with Crippen LogP contribution in [0.2, 0.25) is 0 Å². The van der Waals surface area contributed by atoms with Crippen molar-refractivity contribution in [3.05, 3.63) is 24.0 Å². The number of hydrogen-bond donors (Lipinski definition) is 2. The Bertz CT molecular complexity index is 420. The third-order valence-electron chi connectivity index (χ3n) is 3.56. The summed E-state index contributed by atoms with van der Waals surface area (Å²) < 4.78 is 19.4. The summed E-state index contributed by atoms with van der Waals surface area (Å²) in [5.41, 5.74) is 6.51.